The molecule has 2 fully saturated rings. The van der Waals surface area contributed by atoms with Crippen LogP contribution in [0.4, 0.5) is 0 Å². The summed E-state index contributed by atoms with van der Waals surface area (Å²) in [5, 5.41) is 3.73. The van der Waals surface area contributed by atoms with E-state index in [0.717, 1.165) is 18.6 Å². The van der Waals surface area contributed by atoms with Crippen LogP contribution in [0.5, 0.6) is 0 Å². The molecule has 92 valence electrons. The molecule has 2 heterocycles. The van der Waals surface area contributed by atoms with Gasteiger partial charge in [-0.1, -0.05) is 28.1 Å². The SMILES string of the molecule is Brc1cccc(CN2CCC3CCC(C2)N3)c1. The fourth-order valence-electron chi connectivity index (χ4n) is 3.05. The van der Waals surface area contributed by atoms with Crippen molar-refractivity contribution in [3.8, 4) is 0 Å². The number of hydrogen-bond donors (Lipinski definition) is 1. The van der Waals surface area contributed by atoms with E-state index < -0.39 is 0 Å². The van der Waals surface area contributed by atoms with Crippen molar-refractivity contribution in [2.75, 3.05) is 13.1 Å². The molecule has 0 spiro atoms. The van der Waals surface area contributed by atoms with Gasteiger partial charge >= 0.3 is 0 Å². The van der Waals surface area contributed by atoms with Gasteiger partial charge in [-0.15, -0.1) is 0 Å². The Labute approximate surface area is 112 Å². The summed E-state index contributed by atoms with van der Waals surface area (Å²) >= 11 is 3.54. The molecule has 17 heavy (non-hydrogen) atoms. The third kappa shape index (κ3) is 2.90. The van der Waals surface area contributed by atoms with Crippen LogP contribution >= 0.6 is 15.9 Å². The van der Waals surface area contributed by atoms with Crippen LogP contribution in [0.3, 0.4) is 0 Å². The van der Waals surface area contributed by atoms with Crippen molar-refractivity contribution in [3.05, 3.63) is 34.3 Å². The van der Waals surface area contributed by atoms with Crippen molar-refractivity contribution in [2.45, 2.75) is 37.9 Å². The summed E-state index contributed by atoms with van der Waals surface area (Å²) in [6.45, 7) is 3.54. The highest BCUT2D eigenvalue weighted by molar-refractivity contribution is 9.10. The summed E-state index contributed by atoms with van der Waals surface area (Å²) in [6, 6.07) is 10.2. The van der Waals surface area contributed by atoms with E-state index in [4.69, 9.17) is 0 Å². The van der Waals surface area contributed by atoms with E-state index in [1.165, 1.54) is 42.4 Å². The van der Waals surface area contributed by atoms with Crippen LogP contribution in [-0.2, 0) is 6.54 Å². The largest absolute Gasteiger partial charge is 0.310 e. The lowest BCUT2D eigenvalue weighted by atomic mass is 10.1. The Bertz CT molecular complexity index is 394. The summed E-state index contributed by atoms with van der Waals surface area (Å²) in [5.41, 5.74) is 1.41. The zero-order chi connectivity index (χ0) is 11.7. The van der Waals surface area contributed by atoms with Gasteiger partial charge in [-0.25, -0.2) is 0 Å². The molecular weight excluding hydrogens is 276 g/mol. The van der Waals surface area contributed by atoms with Gasteiger partial charge in [0.15, 0.2) is 0 Å². The number of hydrogen-bond acceptors (Lipinski definition) is 2. The predicted octanol–water partition coefficient (Wildman–Crippen LogP) is 2.78. The van der Waals surface area contributed by atoms with Gasteiger partial charge in [0, 0.05) is 36.2 Å². The highest BCUT2D eigenvalue weighted by Gasteiger charge is 2.28. The molecule has 0 aliphatic carbocycles. The fourth-order valence-corrected chi connectivity index (χ4v) is 3.50. The second kappa shape index (κ2) is 5.09. The second-order valence-electron chi connectivity index (χ2n) is 5.29. The Morgan fingerprint density at radius 3 is 3.00 bits per heavy atom. The van der Waals surface area contributed by atoms with Crippen LogP contribution in [0.15, 0.2) is 28.7 Å². The van der Waals surface area contributed by atoms with Crippen molar-refractivity contribution in [1.82, 2.24) is 10.2 Å². The highest BCUT2D eigenvalue weighted by Crippen LogP contribution is 2.22. The Kier molecular flexibility index (Phi) is 3.50. The monoisotopic (exact) mass is 294 g/mol. The number of fused-ring (bicyclic) bond motifs is 2. The number of nitrogens with zero attached hydrogens (tertiary/aromatic N) is 1. The first kappa shape index (κ1) is 11.7. The minimum atomic E-state index is 0.731. The lowest BCUT2D eigenvalue weighted by Gasteiger charge is -2.24. The minimum Gasteiger partial charge on any atom is -0.310 e. The second-order valence-corrected chi connectivity index (χ2v) is 6.21. The number of nitrogens with one attached hydrogen (secondary N) is 1. The maximum absolute atomic E-state index is 3.73. The van der Waals surface area contributed by atoms with E-state index in [9.17, 15) is 0 Å². The number of likely N-dealkylation sites (tertiary alicyclic amines) is 1. The third-order valence-electron chi connectivity index (χ3n) is 3.90. The molecule has 1 N–H and O–H groups in total. The molecule has 3 heteroatoms. The van der Waals surface area contributed by atoms with Gasteiger partial charge in [-0.3, -0.25) is 4.90 Å². The third-order valence-corrected chi connectivity index (χ3v) is 4.40. The highest BCUT2D eigenvalue weighted by atomic mass is 79.9. The van der Waals surface area contributed by atoms with Gasteiger partial charge in [0.05, 0.1) is 0 Å². The van der Waals surface area contributed by atoms with Crippen molar-refractivity contribution in [1.29, 1.82) is 0 Å². The molecule has 1 aromatic rings. The van der Waals surface area contributed by atoms with E-state index in [-0.39, 0.29) is 0 Å². The molecule has 2 unspecified atom stereocenters. The van der Waals surface area contributed by atoms with Gasteiger partial charge in [0.25, 0.3) is 0 Å². The number of halogens is 1. The van der Waals surface area contributed by atoms with Crippen LogP contribution < -0.4 is 5.32 Å². The molecule has 2 bridgehead atoms. The average Bonchev–Trinajstić information content (AvgIpc) is 2.63. The van der Waals surface area contributed by atoms with Gasteiger partial charge < -0.3 is 5.32 Å². The smallest absolute Gasteiger partial charge is 0.0234 e. The summed E-state index contributed by atoms with van der Waals surface area (Å²) in [5.74, 6) is 0. The van der Waals surface area contributed by atoms with E-state index >= 15 is 0 Å². The number of benzene rings is 1. The van der Waals surface area contributed by atoms with Gasteiger partial charge in [-0.05, 0) is 37.0 Å². The standard InChI is InChI=1S/C14H19BrN2/c15-12-3-1-2-11(8-12)9-17-7-6-13-4-5-14(10-17)16-13/h1-3,8,13-14,16H,4-7,9-10H2. The minimum absolute atomic E-state index is 0.731. The quantitative estimate of drug-likeness (QED) is 0.902. The van der Waals surface area contributed by atoms with E-state index in [1.54, 1.807) is 0 Å². The van der Waals surface area contributed by atoms with Crippen molar-refractivity contribution < 1.29 is 0 Å². The Balaban J connectivity index is 1.65. The molecule has 2 aliphatic rings. The van der Waals surface area contributed by atoms with Crippen LogP contribution in [-0.4, -0.2) is 30.1 Å². The molecule has 2 nitrogen and oxygen atoms in total. The zero-order valence-corrected chi connectivity index (χ0v) is 11.6. The Morgan fingerprint density at radius 2 is 2.12 bits per heavy atom. The van der Waals surface area contributed by atoms with Crippen LogP contribution in [0.1, 0.15) is 24.8 Å². The molecule has 2 atom stereocenters. The molecule has 0 aromatic heterocycles. The predicted molar refractivity (Wildman–Crippen MR) is 74.0 cm³/mol. The fraction of sp³-hybridized carbons (Fsp3) is 0.571. The van der Waals surface area contributed by atoms with Crippen LogP contribution in [0.25, 0.3) is 0 Å². The van der Waals surface area contributed by atoms with Crippen molar-refractivity contribution in [2.24, 2.45) is 0 Å². The molecule has 3 rings (SSSR count). The van der Waals surface area contributed by atoms with Crippen molar-refractivity contribution in [3.63, 3.8) is 0 Å². The van der Waals surface area contributed by atoms with Crippen molar-refractivity contribution >= 4 is 15.9 Å². The average molecular weight is 295 g/mol. The molecule has 0 amide bonds. The topological polar surface area (TPSA) is 15.3 Å². The summed E-state index contributed by atoms with van der Waals surface area (Å²) in [6.07, 6.45) is 4.06. The lowest BCUT2D eigenvalue weighted by Crippen LogP contribution is -2.34. The molecule has 2 saturated heterocycles. The molecule has 0 saturated carbocycles. The molecular formula is C14H19BrN2. The Morgan fingerprint density at radius 1 is 1.24 bits per heavy atom. The van der Waals surface area contributed by atoms with Gasteiger partial charge in [-0.2, -0.15) is 0 Å². The normalized spacial score (nSPS) is 29.2. The molecule has 0 radical (unpaired) electrons. The van der Waals surface area contributed by atoms with E-state index in [0.29, 0.717) is 0 Å². The lowest BCUT2D eigenvalue weighted by molar-refractivity contribution is 0.251. The van der Waals surface area contributed by atoms with Crippen LogP contribution in [0.2, 0.25) is 0 Å². The van der Waals surface area contributed by atoms with E-state index in [1.807, 2.05) is 0 Å². The first-order chi connectivity index (χ1) is 8.29. The zero-order valence-electron chi connectivity index (χ0n) is 10.0. The molecule has 2 aliphatic heterocycles. The first-order valence-electron chi connectivity index (χ1n) is 6.52. The summed E-state index contributed by atoms with van der Waals surface area (Å²) in [7, 11) is 0. The summed E-state index contributed by atoms with van der Waals surface area (Å²) in [4.78, 5) is 2.60. The van der Waals surface area contributed by atoms with E-state index in [2.05, 4.69) is 50.4 Å². The Hall–Kier alpha value is -0.380. The maximum atomic E-state index is 3.73. The summed E-state index contributed by atoms with van der Waals surface area (Å²) < 4.78 is 1.18. The van der Waals surface area contributed by atoms with Gasteiger partial charge in [0.1, 0.15) is 0 Å². The van der Waals surface area contributed by atoms with Gasteiger partial charge in [0.2, 0.25) is 0 Å². The van der Waals surface area contributed by atoms with Crippen LogP contribution in [0, 0.1) is 0 Å². The first-order valence-corrected chi connectivity index (χ1v) is 7.32. The number of rotatable bonds is 2. The maximum Gasteiger partial charge on any atom is 0.0234 e. The molecule has 1 aromatic carbocycles.